The lowest BCUT2D eigenvalue weighted by Crippen LogP contribution is -2.39. The number of aromatic nitrogens is 2. The standard InChI is InChI=1S/C28H37N3O2/c1-7-24(30(8-2)25(32)18-20(3)19-28(4,5)6)26-29-23-17-13-12-16-22(23)27(33)31(26)21-14-10-9-11-15-21/h9-17,20,24H,7-8,18-19H2,1-6H3. The topological polar surface area (TPSA) is 55.2 Å². The number of nitrogens with zero attached hydrogens (tertiary/aromatic N) is 3. The summed E-state index contributed by atoms with van der Waals surface area (Å²) in [5.41, 5.74) is 1.49. The average molecular weight is 448 g/mol. The number of para-hydroxylation sites is 2. The van der Waals surface area contributed by atoms with E-state index in [1.807, 2.05) is 66.4 Å². The third-order valence-corrected chi connectivity index (χ3v) is 6.02. The number of hydrogen-bond acceptors (Lipinski definition) is 3. The van der Waals surface area contributed by atoms with E-state index in [-0.39, 0.29) is 28.8 Å². The van der Waals surface area contributed by atoms with Crippen LogP contribution in [0.2, 0.25) is 0 Å². The fourth-order valence-electron chi connectivity index (χ4n) is 4.85. The minimum atomic E-state index is -0.290. The van der Waals surface area contributed by atoms with Gasteiger partial charge in [0, 0.05) is 13.0 Å². The first-order valence-electron chi connectivity index (χ1n) is 12.0. The average Bonchev–Trinajstić information content (AvgIpc) is 2.76. The van der Waals surface area contributed by atoms with E-state index in [1.165, 1.54) is 0 Å². The van der Waals surface area contributed by atoms with Gasteiger partial charge in [0.25, 0.3) is 5.56 Å². The number of benzene rings is 2. The molecule has 1 amide bonds. The molecule has 0 aliphatic rings. The van der Waals surface area contributed by atoms with Crippen molar-refractivity contribution < 1.29 is 4.79 Å². The smallest absolute Gasteiger partial charge is 0.266 e. The Balaban J connectivity index is 2.10. The summed E-state index contributed by atoms with van der Waals surface area (Å²) in [6.45, 7) is 13.4. The maximum atomic E-state index is 13.6. The molecule has 0 radical (unpaired) electrons. The molecule has 3 rings (SSSR count). The van der Waals surface area contributed by atoms with Crippen LogP contribution in [0.5, 0.6) is 0 Å². The first kappa shape index (κ1) is 24.7. The summed E-state index contributed by atoms with van der Waals surface area (Å²) in [5, 5.41) is 0.577. The molecule has 1 aromatic heterocycles. The van der Waals surface area contributed by atoms with Crippen molar-refractivity contribution in [2.45, 2.75) is 66.8 Å². The van der Waals surface area contributed by atoms with E-state index in [0.717, 1.165) is 12.1 Å². The van der Waals surface area contributed by atoms with E-state index in [1.54, 1.807) is 4.57 Å². The highest BCUT2D eigenvalue weighted by molar-refractivity contribution is 5.79. The maximum Gasteiger partial charge on any atom is 0.266 e. The number of fused-ring (bicyclic) bond motifs is 1. The Morgan fingerprint density at radius 3 is 2.27 bits per heavy atom. The van der Waals surface area contributed by atoms with E-state index >= 15 is 0 Å². The number of amides is 1. The Kier molecular flexibility index (Phi) is 7.72. The van der Waals surface area contributed by atoms with Crippen LogP contribution in [0.1, 0.15) is 72.7 Å². The van der Waals surface area contributed by atoms with Crippen LogP contribution in [0.3, 0.4) is 0 Å². The summed E-state index contributed by atoms with van der Waals surface area (Å²) < 4.78 is 1.69. The molecule has 0 saturated heterocycles. The molecule has 3 aromatic rings. The van der Waals surface area contributed by atoms with Gasteiger partial charge in [0.05, 0.1) is 22.6 Å². The summed E-state index contributed by atoms with van der Waals surface area (Å²) in [6, 6.07) is 16.7. The van der Waals surface area contributed by atoms with Gasteiger partial charge < -0.3 is 4.90 Å². The van der Waals surface area contributed by atoms with Crippen molar-refractivity contribution in [3.63, 3.8) is 0 Å². The predicted molar refractivity (Wildman–Crippen MR) is 136 cm³/mol. The molecule has 1 heterocycles. The summed E-state index contributed by atoms with van der Waals surface area (Å²) >= 11 is 0. The monoisotopic (exact) mass is 447 g/mol. The van der Waals surface area contributed by atoms with Crippen LogP contribution in [-0.2, 0) is 4.79 Å². The van der Waals surface area contributed by atoms with Crippen LogP contribution >= 0.6 is 0 Å². The Morgan fingerprint density at radius 2 is 1.67 bits per heavy atom. The highest BCUT2D eigenvalue weighted by Crippen LogP contribution is 2.30. The van der Waals surface area contributed by atoms with Gasteiger partial charge in [-0.05, 0) is 55.4 Å². The normalized spacial score (nSPS) is 13.6. The SMILES string of the molecule is CCC(c1nc2ccccc2c(=O)n1-c1ccccc1)N(CC)C(=O)CC(C)CC(C)(C)C. The number of rotatable bonds is 8. The third-order valence-electron chi connectivity index (χ3n) is 6.02. The Hall–Kier alpha value is -2.95. The van der Waals surface area contributed by atoms with Crippen LogP contribution in [0.25, 0.3) is 16.6 Å². The molecule has 0 saturated carbocycles. The fraction of sp³-hybridized carbons (Fsp3) is 0.464. The van der Waals surface area contributed by atoms with Gasteiger partial charge in [0.2, 0.25) is 5.91 Å². The van der Waals surface area contributed by atoms with Gasteiger partial charge in [0.1, 0.15) is 5.82 Å². The molecule has 5 heteroatoms. The van der Waals surface area contributed by atoms with Crippen LogP contribution in [0.4, 0.5) is 0 Å². The Labute approximate surface area is 197 Å². The third kappa shape index (κ3) is 5.70. The fourth-order valence-corrected chi connectivity index (χ4v) is 4.85. The van der Waals surface area contributed by atoms with E-state index in [4.69, 9.17) is 4.98 Å². The van der Waals surface area contributed by atoms with Crippen LogP contribution < -0.4 is 5.56 Å². The molecule has 0 N–H and O–H groups in total. The quantitative estimate of drug-likeness (QED) is 0.416. The van der Waals surface area contributed by atoms with E-state index < -0.39 is 0 Å². The number of carbonyl (C=O) groups is 1. The van der Waals surface area contributed by atoms with Gasteiger partial charge in [-0.2, -0.15) is 0 Å². The second kappa shape index (κ2) is 10.3. The van der Waals surface area contributed by atoms with Crippen LogP contribution in [0.15, 0.2) is 59.4 Å². The minimum absolute atomic E-state index is 0.107. The molecular weight excluding hydrogens is 410 g/mol. The van der Waals surface area contributed by atoms with Crippen LogP contribution in [-0.4, -0.2) is 26.9 Å². The highest BCUT2D eigenvalue weighted by atomic mass is 16.2. The van der Waals surface area contributed by atoms with Gasteiger partial charge in [0.15, 0.2) is 0 Å². The minimum Gasteiger partial charge on any atom is -0.333 e. The molecule has 0 aliphatic carbocycles. The molecule has 2 unspecified atom stereocenters. The Morgan fingerprint density at radius 1 is 1.03 bits per heavy atom. The highest BCUT2D eigenvalue weighted by Gasteiger charge is 2.29. The second-order valence-corrected chi connectivity index (χ2v) is 10.1. The largest absolute Gasteiger partial charge is 0.333 e. The number of hydrogen-bond donors (Lipinski definition) is 0. The molecule has 176 valence electrons. The van der Waals surface area contributed by atoms with Crippen molar-refractivity contribution in [1.82, 2.24) is 14.5 Å². The van der Waals surface area contributed by atoms with Gasteiger partial charge in [-0.25, -0.2) is 4.98 Å². The lowest BCUT2D eigenvalue weighted by atomic mass is 9.84. The zero-order chi connectivity index (χ0) is 24.2. The summed E-state index contributed by atoms with van der Waals surface area (Å²) in [7, 11) is 0. The first-order valence-corrected chi connectivity index (χ1v) is 12.0. The molecule has 0 aliphatic heterocycles. The van der Waals surface area contributed by atoms with Crippen molar-refractivity contribution in [1.29, 1.82) is 0 Å². The molecule has 0 bridgehead atoms. The van der Waals surface area contributed by atoms with Crippen molar-refractivity contribution >= 4 is 16.8 Å². The lowest BCUT2D eigenvalue weighted by molar-refractivity contribution is -0.134. The maximum absolute atomic E-state index is 13.6. The predicted octanol–water partition coefficient (Wildman–Crippen LogP) is 6.15. The zero-order valence-corrected chi connectivity index (χ0v) is 20.8. The van der Waals surface area contributed by atoms with Crippen molar-refractivity contribution in [2.24, 2.45) is 11.3 Å². The molecule has 33 heavy (non-hydrogen) atoms. The molecule has 2 atom stereocenters. The molecule has 5 nitrogen and oxygen atoms in total. The van der Waals surface area contributed by atoms with Crippen molar-refractivity contribution in [2.75, 3.05) is 6.54 Å². The first-order chi connectivity index (χ1) is 15.7. The van der Waals surface area contributed by atoms with Gasteiger partial charge in [-0.15, -0.1) is 0 Å². The van der Waals surface area contributed by atoms with Crippen molar-refractivity contribution in [3.05, 3.63) is 70.8 Å². The van der Waals surface area contributed by atoms with Gasteiger partial charge in [-0.1, -0.05) is 65.0 Å². The summed E-state index contributed by atoms with van der Waals surface area (Å²) in [4.78, 5) is 33.9. The van der Waals surface area contributed by atoms with Crippen molar-refractivity contribution in [3.8, 4) is 5.69 Å². The Bertz CT molecular complexity index is 1150. The van der Waals surface area contributed by atoms with E-state index in [9.17, 15) is 9.59 Å². The second-order valence-electron chi connectivity index (χ2n) is 10.1. The number of carbonyl (C=O) groups excluding carboxylic acids is 1. The molecule has 0 fully saturated rings. The van der Waals surface area contributed by atoms with Crippen LogP contribution in [0, 0.1) is 11.3 Å². The van der Waals surface area contributed by atoms with E-state index in [0.29, 0.717) is 36.1 Å². The lowest BCUT2D eigenvalue weighted by Gasteiger charge is -2.33. The summed E-state index contributed by atoms with van der Waals surface area (Å²) in [6.07, 6.45) is 2.14. The summed E-state index contributed by atoms with van der Waals surface area (Å²) in [5.74, 6) is 1.01. The molecular formula is C28H37N3O2. The van der Waals surface area contributed by atoms with Gasteiger partial charge in [-0.3, -0.25) is 14.2 Å². The molecule has 2 aromatic carbocycles. The zero-order valence-electron chi connectivity index (χ0n) is 20.8. The van der Waals surface area contributed by atoms with Gasteiger partial charge >= 0.3 is 0 Å². The van der Waals surface area contributed by atoms with E-state index in [2.05, 4.69) is 34.6 Å². The molecule has 0 spiro atoms.